The number of ketones is 1. The van der Waals surface area contributed by atoms with Crippen LogP contribution in [0.3, 0.4) is 0 Å². The van der Waals surface area contributed by atoms with Gasteiger partial charge in [0.25, 0.3) is 0 Å². The molecule has 1 aromatic carbocycles. The zero-order chi connectivity index (χ0) is 29.5. The van der Waals surface area contributed by atoms with Gasteiger partial charge in [0.1, 0.15) is 11.9 Å². The van der Waals surface area contributed by atoms with E-state index >= 15 is 0 Å². The molecule has 0 aromatic heterocycles. The van der Waals surface area contributed by atoms with Crippen LogP contribution in [0.5, 0.6) is 5.75 Å². The fraction of sp³-hybridized carbons (Fsp3) is 0.636. The molecular weight excluding hydrogens is 534 g/mol. The average Bonchev–Trinajstić information content (AvgIpc) is 3.75. The van der Waals surface area contributed by atoms with Crippen LogP contribution in [0.1, 0.15) is 70.8 Å². The Morgan fingerprint density at radius 2 is 1.79 bits per heavy atom. The standard InChI is InChI=1S/C33H45N3O6/c1-4-20-7-5-10-28(37)18(2)32(39)26-15-24-22-8-6-9-23(22)31(33(40)30(24)25(26)16-29(38)42-20)36-17-27(34-35-36)19-11-13-21(41-3)14-12-19/h11-15,17-18,20,22-25,28,30-31,33-35,37,40H,4-10,16H2,1-3H3/t18-,20+,22-,23-,24+,25-,28+,30-,31?,33?/m1/s1. The second-order valence-corrected chi connectivity index (χ2v) is 12.9. The predicted molar refractivity (Wildman–Crippen MR) is 157 cm³/mol. The smallest absolute Gasteiger partial charge is 0.306 e. The molecule has 4 N–H and O–H groups in total. The van der Waals surface area contributed by atoms with Gasteiger partial charge in [0.2, 0.25) is 0 Å². The first kappa shape index (κ1) is 29.2. The van der Waals surface area contributed by atoms with Crippen molar-refractivity contribution in [3.8, 4) is 5.75 Å². The largest absolute Gasteiger partial charge is 0.497 e. The zero-order valence-electron chi connectivity index (χ0n) is 24.9. The van der Waals surface area contributed by atoms with Gasteiger partial charge in [-0.2, -0.15) is 0 Å². The Balaban J connectivity index is 1.32. The number of ether oxygens (including phenoxy) is 2. The maximum atomic E-state index is 13.9. The van der Waals surface area contributed by atoms with Crippen LogP contribution >= 0.6 is 0 Å². The van der Waals surface area contributed by atoms with Gasteiger partial charge in [-0.15, -0.1) is 5.53 Å². The zero-order valence-corrected chi connectivity index (χ0v) is 24.9. The van der Waals surface area contributed by atoms with E-state index < -0.39 is 24.0 Å². The van der Waals surface area contributed by atoms with Crippen molar-refractivity contribution in [3.63, 3.8) is 0 Å². The summed E-state index contributed by atoms with van der Waals surface area (Å²) in [4.78, 5) is 27.2. The SMILES string of the molecule is CC[C@H]1CCC[C@H](O)[C@@H](C)C(=O)C2=C[C@H]3[C@@H]4CCC[C@H]4C(N4C=C(c5ccc(OC)cc5)NN4)C(O)[C@H]3[C@@H]2CC(=O)O1. The Morgan fingerprint density at radius 1 is 1.05 bits per heavy atom. The van der Waals surface area contributed by atoms with Gasteiger partial charge >= 0.3 is 5.97 Å². The van der Waals surface area contributed by atoms with Crippen molar-refractivity contribution in [2.75, 3.05) is 7.11 Å². The average molecular weight is 580 g/mol. The number of nitrogens with one attached hydrogen (secondary N) is 2. The summed E-state index contributed by atoms with van der Waals surface area (Å²) in [6.45, 7) is 3.81. The van der Waals surface area contributed by atoms with E-state index in [9.17, 15) is 19.8 Å². The highest BCUT2D eigenvalue weighted by atomic mass is 16.5. The molecular formula is C33H45N3O6. The van der Waals surface area contributed by atoms with Gasteiger partial charge < -0.3 is 25.1 Å². The minimum Gasteiger partial charge on any atom is -0.497 e. The molecule has 10 atom stereocenters. The molecule has 5 aliphatic rings. The van der Waals surface area contributed by atoms with Crippen molar-refractivity contribution in [2.45, 2.75) is 89.6 Å². The molecule has 0 radical (unpaired) electrons. The first-order chi connectivity index (χ1) is 20.3. The van der Waals surface area contributed by atoms with Crippen molar-refractivity contribution in [2.24, 2.45) is 35.5 Å². The van der Waals surface area contributed by atoms with E-state index in [0.29, 0.717) is 37.2 Å². The lowest BCUT2D eigenvalue weighted by atomic mass is 9.62. The number of aliphatic hydroxyl groups is 2. The van der Waals surface area contributed by atoms with Gasteiger partial charge in [-0.05, 0) is 86.1 Å². The quantitative estimate of drug-likeness (QED) is 0.396. The van der Waals surface area contributed by atoms with Crippen molar-refractivity contribution in [3.05, 3.63) is 47.7 Å². The van der Waals surface area contributed by atoms with Crippen molar-refractivity contribution < 1.29 is 29.3 Å². The van der Waals surface area contributed by atoms with E-state index in [2.05, 4.69) is 17.0 Å². The lowest BCUT2D eigenvalue weighted by molar-refractivity contribution is -0.152. The minimum atomic E-state index is -0.774. The predicted octanol–water partition coefficient (Wildman–Crippen LogP) is 3.73. The summed E-state index contributed by atoms with van der Waals surface area (Å²) in [6, 6.07) is 7.58. The first-order valence-electron chi connectivity index (χ1n) is 15.8. The number of fused-ring (bicyclic) bond motifs is 5. The van der Waals surface area contributed by atoms with E-state index in [1.54, 1.807) is 14.0 Å². The van der Waals surface area contributed by atoms with Gasteiger partial charge in [0, 0.05) is 29.5 Å². The molecule has 2 heterocycles. The van der Waals surface area contributed by atoms with Crippen LogP contribution < -0.4 is 15.7 Å². The van der Waals surface area contributed by atoms with Crippen LogP contribution in [0.25, 0.3) is 5.70 Å². The van der Waals surface area contributed by atoms with Crippen LogP contribution in [0.15, 0.2) is 42.1 Å². The van der Waals surface area contributed by atoms with Gasteiger partial charge in [0.05, 0.1) is 37.5 Å². The summed E-state index contributed by atoms with van der Waals surface area (Å²) in [5.41, 5.74) is 9.05. The molecule has 1 aromatic rings. The number of Topliss-reactive ketones (excluding diaryl/α,β-unsaturated/α-hetero) is 1. The number of benzene rings is 1. The molecule has 42 heavy (non-hydrogen) atoms. The summed E-state index contributed by atoms with van der Waals surface area (Å²) in [5.74, 6) is -0.357. The molecule has 3 aliphatic carbocycles. The van der Waals surface area contributed by atoms with Crippen molar-refractivity contribution >= 4 is 17.4 Å². The number of methoxy groups -OCH3 is 1. The Morgan fingerprint density at radius 3 is 2.52 bits per heavy atom. The molecule has 2 saturated carbocycles. The summed E-state index contributed by atoms with van der Waals surface area (Å²) >= 11 is 0. The summed E-state index contributed by atoms with van der Waals surface area (Å²) in [6.07, 6.45) is 8.10. The molecule has 1 saturated heterocycles. The molecule has 0 amide bonds. The molecule has 9 nitrogen and oxygen atoms in total. The number of cyclic esters (lactones) is 1. The molecule has 228 valence electrons. The number of esters is 1. The highest BCUT2D eigenvalue weighted by Crippen LogP contribution is 2.57. The molecule has 9 heteroatoms. The molecule has 2 aliphatic heterocycles. The number of rotatable bonds is 4. The Hall–Kier alpha value is -2.88. The third-order valence-electron chi connectivity index (χ3n) is 10.7. The van der Waals surface area contributed by atoms with Gasteiger partial charge in [-0.3, -0.25) is 14.6 Å². The number of nitrogens with zero attached hydrogens (tertiary/aromatic N) is 1. The second-order valence-electron chi connectivity index (χ2n) is 12.9. The van der Waals surface area contributed by atoms with E-state index in [0.717, 1.165) is 36.3 Å². The highest BCUT2D eigenvalue weighted by molar-refractivity contribution is 5.99. The van der Waals surface area contributed by atoms with E-state index in [1.807, 2.05) is 42.4 Å². The number of hydrogen-bond acceptors (Lipinski definition) is 9. The lowest BCUT2D eigenvalue weighted by Gasteiger charge is -2.49. The van der Waals surface area contributed by atoms with Crippen LogP contribution in [0.2, 0.25) is 0 Å². The Kier molecular flexibility index (Phi) is 8.35. The summed E-state index contributed by atoms with van der Waals surface area (Å²) < 4.78 is 11.2. The van der Waals surface area contributed by atoms with E-state index in [1.165, 1.54) is 0 Å². The number of hydrogen-bond donors (Lipinski definition) is 4. The molecule has 0 bridgehead atoms. The van der Waals surface area contributed by atoms with Crippen LogP contribution in [-0.2, 0) is 14.3 Å². The van der Waals surface area contributed by atoms with Crippen LogP contribution in [-0.4, -0.2) is 58.4 Å². The number of hydrazine groups is 2. The maximum Gasteiger partial charge on any atom is 0.306 e. The third-order valence-corrected chi connectivity index (χ3v) is 10.7. The fourth-order valence-electron chi connectivity index (χ4n) is 8.48. The van der Waals surface area contributed by atoms with E-state index in [4.69, 9.17) is 9.47 Å². The molecule has 3 fully saturated rings. The number of allylic oxidation sites excluding steroid dienone is 2. The fourth-order valence-corrected chi connectivity index (χ4v) is 8.48. The first-order valence-corrected chi connectivity index (χ1v) is 15.8. The normalized spacial score (nSPS) is 38.6. The van der Waals surface area contributed by atoms with E-state index in [-0.39, 0.29) is 48.1 Å². The van der Waals surface area contributed by atoms with Gasteiger partial charge in [-0.25, -0.2) is 0 Å². The third kappa shape index (κ3) is 5.24. The topological polar surface area (TPSA) is 120 Å². The van der Waals surface area contributed by atoms with Gasteiger partial charge in [0.15, 0.2) is 5.78 Å². The number of carbonyl (C=O) groups excluding carboxylic acids is 2. The maximum absolute atomic E-state index is 13.9. The molecule has 2 unspecified atom stereocenters. The highest BCUT2D eigenvalue weighted by Gasteiger charge is 2.58. The van der Waals surface area contributed by atoms with Crippen LogP contribution in [0.4, 0.5) is 0 Å². The van der Waals surface area contributed by atoms with Crippen molar-refractivity contribution in [1.29, 1.82) is 0 Å². The monoisotopic (exact) mass is 579 g/mol. The molecule has 0 spiro atoms. The molecule has 6 rings (SSSR count). The lowest BCUT2D eigenvalue weighted by Crippen LogP contribution is -2.60. The summed E-state index contributed by atoms with van der Waals surface area (Å²) in [5, 5.41) is 25.1. The van der Waals surface area contributed by atoms with Crippen LogP contribution in [0, 0.1) is 35.5 Å². The van der Waals surface area contributed by atoms with Crippen molar-refractivity contribution in [1.82, 2.24) is 16.0 Å². The van der Waals surface area contributed by atoms with Gasteiger partial charge in [-0.1, -0.05) is 26.3 Å². The second kappa shape index (κ2) is 12.0. The minimum absolute atomic E-state index is 0.0116. The number of aliphatic hydroxyl groups excluding tert-OH is 2. The number of carbonyl (C=O) groups is 2. The Labute approximate surface area is 248 Å². The Bertz CT molecular complexity index is 1230. The summed E-state index contributed by atoms with van der Waals surface area (Å²) in [7, 11) is 1.64.